The number of ether oxygens (including phenoxy) is 1. The molecule has 2 aromatic rings. The van der Waals surface area contributed by atoms with Crippen LogP contribution >= 0.6 is 0 Å². The molecule has 0 aromatic carbocycles. The second kappa shape index (κ2) is 5.56. The van der Waals surface area contributed by atoms with Crippen LogP contribution in [-0.4, -0.2) is 43.9 Å². The summed E-state index contributed by atoms with van der Waals surface area (Å²) in [6, 6.07) is 0. The van der Waals surface area contributed by atoms with Gasteiger partial charge in [0.1, 0.15) is 12.4 Å². The highest BCUT2D eigenvalue weighted by molar-refractivity contribution is 5.82. The summed E-state index contributed by atoms with van der Waals surface area (Å²) in [7, 11) is 0. The summed E-state index contributed by atoms with van der Waals surface area (Å²) in [5.74, 6) is 0.733. The van der Waals surface area contributed by atoms with Gasteiger partial charge in [-0.1, -0.05) is 13.0 Å². The number of hydrogen-bond acceptors (Lipinski definition) is 6. The van der Waals surface area contributed by atoms with E-state index in [2.05, 4.69) is 27.2 Å². The van der Waals surface area contributed by atoms with E-state index in [0.29, 0.717) is 5.65 Å². The van der Waals surface area contributed by atoms with E-state index in [0.717, 1.165) is 24.3 Å². The van der Waals surface area contributed by atoms with Gasteiger partial charge in [-0.15, -0.1) is 0 Å². The Labute approximate surface area is 116 Å². The highest BCUT2D eigenvalue weighted by Gasteiger charge is 2.22. The summed E-state index contributed by atoms with van der Waals surface area (Å²) in [6.45, 7) is 2.90. The molecule has 0 radical (unpaired) electrons. The van der Waals surface area contributed by atoms with E-state index in [9.17, 15) is 0 Å². The van der Waals surface area contributed by atoms with Crippen LogP contribution < -0.4 is 5.32 Å². The van der Waals surface area contributed by atoms with Gasteiger partial charge in [-0.25, -0.2) is 15.0 Å². The first-order valence-corrected chi connectivity index (χ1v) is 6.69. The van der Waals surface area contributed by atoms with E-state index in [1.807, 2.05) is 16.7 Å². The van der Waals surface area contributed by atoms with Crippen LogP contribution in [0, 0.1) is 0 Å². The van der Waals surface area contributed by atoms with Crippen LogP contribution in [0.15, 0.2) is 24.8 Å². The smallest absolute Gasteiger partial charge is 0.167 e. The minimum absolute atomic E-state index is 0.0298. The largest absolute Gasteiger partial charge is 0.393 e. The molecule has 2 N–H and O–H groups in total. The normalized spacial score (nSPS) is 21.7. The minimum atomic E-state index is -0.286. The fraction of sp³-hybridized carbons (Fsp3) is 0.462. The van der Waals surface area contributed by atoms with Crippen molar-refractivity contribution in [2.75, 3.05) is 18.5 Å². The Balaban J connectivity index is 1.92. The Morgan fingerprint density at radius 3 is 3.00 bits per heavy atom. The van der Waals surface area contributed by atoms with Crippen LogP contribution in [-0.2, 0) is 4.74 Å². The summed E-state index contributed by atoms with van der Waals surface area (Å²) >= 11 is 0. The molecule has 0 saturated heterocycles. The average Bonchev–Trinajstić information content (AvgIpc) is 3.10. The zero-order valence-corrected chi connectivity index (χ0v) is 11.2. The molecule has 3 rings (SSSR count). The third-order valence-electron chi connectivity index (χ3n) is 3.16. The molecule has 20 heavy (non-hydrogen) atoms. The number of rotatable bonds is 5. The Bertz CT molecular complexity index is 624. The zero-order valence-electron chi connectivity index (χ0n) is 11.2. The second-order valence-electron chi connectivity index (χ2n) is 4.61. The van der Waals surface area contributed by atoms with E-state index in [1.165, 1.54) is 6.33 Å². The van der Waals surface area contributed by atoms with E-state index in [4.69, 9.17) is 9.84 Å². The van der Waals surface area contributed by atoms with Gasteiger partial charge in [0.2, 0.25) is 0 Å². The van der Waals surface area contributed by atoms with Crippen molar-refractivity contribution in [2.24, 2.45) is 0 Å². The van der Waals surface area contributed by atoms with Crippen LogP contribution in [0.5, 0.6) is 0 Å². The predicted octanol–water partition coefficient (Wildman–Crippen LogP) is 1.09. The number of imidazole rings is 1. The monoisotopic (exact) mass is 275 g/mol. The van der Waals surface area contributed by atoms with E-state index in [1.54, 1.807) is 6.33 Å². The number of nitrogens with one attached hydrogen (secondary N) is 1. The summed E-state index contributed by atoms with van der Waals surface area (Å²) in [5.41, 5.74) is 1.44. The number of aliphatic hydroxyl groups is 1. The predicted molar refractivity (Wildman–Crippen MR) is 74.2 cm³/mol. The Kier molecular flexibility index (Phi) is 3.62. The number of aliphatic hydroxyl groups excluding tert-OH is 1. The third kappa shape index (κ3) is 2.25. The fourth-order valence-corrected chi connectivity index (χ4v) is 2.16. The molecule has 106 valence electrons. The van der Waals surface area contributed by atoms with Gasteiger partial charge in [0.15, 0.2) is 23.2 Å². The Hall–Kier alpha value is -1.99. The Morgan fingerprint density at radius 2 is 2.25 bits per heavy atom. The molecular formula is C13H17N5O2. The first kappa shape index (κ1) is 13.0. The lowest BCUT2D eigenvalue weighted by Gasteiger charge is -2.14. The molecule has 1 aliphatic heterocycles. The fourth-order valence-electron chi connectivity index (χ4n) is 2.16. The van der Waals surface area contributed by atoms with Crippen molar-refractivity contribution in [2.45, 2.75) is 25.7 Å². The highest BCUT2D eigenvalue weighted by atomic mass is 16.5. The Morgan fingerprint density at radius 1 is 1.35 bits per heavy atom. The first-order chi connectivity index (χ1) is 9.83. The molecule has 2 unspecified atom stereocenters. The number of anilines is 1. The van der Waals surface area contributed by atoms with Gasteiger partial charge < -0.3 is 15.2 Å². The summed E-state index contributed by atoms with van der Waals surface area (Å²) in [5, 5.41) is 12.3. The lowest BCUT2D eigenvalue weighted by atomic mass is 10.4. The van der Waals surface area contributed by atoms with Crippen molar-refractivity contribution in [1.82, 2.24) is 19.5 Å². The van der Waals surface area contributed by atoms with Gasteiger partial charge in [-0.3, -0.25) is 4.57 Å². The van der Waals surface area contributed by atoms with Crippen LogP contribution in [0.1, 0.15) is 19.6 Å². The van der Waals surface area contributed by atoms with Gasteiger partial charge in [-0.2, -0.15) is 0 Å². The van der Waals surface area contributed by atoms with Crippen LogP contribution in [0.4, 0.5) is 5.82 Å². The molecule has 1 aliphatic rings. The van der Waals surface area contributed by atoms with Crippen molar-refractivity contribution in [3.05, 3.63) is 24.8 Å². The molecule has 0 fully saturated rings. The maximum atomic E-state index is 9.10. The van der Waals surface area contributed by atoms with Gasteiger partial charge in [0.05, 0.1) is 12.9 Å². The number of nitrogens with zero attached hydrogens (tertiary/aromatic N) is 4. The molecule has 2 aromatic heterocycles. The molecule has 3 heterocycles. The molecule has 0 amide bonds. The standard InChI is InChI=1S/C13H17N5O2/c1-2-5-14-12-11-13(16-7-15-12)18(8-17-11)10-4-3-9(6-19)20-10/h3-4,7-10,19H,2,5-6H2,1H3,(H,14,15,16). The van der Waals surface area contributed by atoms with E-state index >= 15 is 0 Å². The highest BCUT2D eigenvalue weighted by Crippen LogP contribution is 2.26. The molecule has 7 nitrogen and oxygen atoms in total. The molecule has 2 atom stereocenters. The van der Waals surface area contributed by atoms with Crippen molar-refractivity contribution >= 4 is 17.0 Å². The zero-order chi connectivity index (χ0) is 13.9. The lowest BCUT2D eigenvalue weighted by molar-refractivity contribution is -0.00638. The van der Waals surface area contributed by atoms with E-state index in [-0.39, 0.29) is 18.9 Å². The summed E-state index contributed by atoms with van der Waals surface area (Å²) in [6.07, 6.45) is 7.39. The van der Waals surface area contributed by atoms with Crippen molar-refractivity contribution in [3.8, 4) is 0 Å². The molecule has 0 saturated carbocycles. The van der Waals surface area contributed by atoms with Gasteiger partial charge >= 0.3 is 0 Å². The van der Waals surface area contributed by atoms with Crippen LogP contribution in [0.25, 0.3) is 11.2 Å². The van der Waals surface area contributed by atoms with Crippen molar-refractivity contribution in [3.63, 3.8) is 0 Å². The van der Waals surface area contributed by atoms with E-state index < -0.39 is 0 Å². The van der Waals surface area contributed by atoms with Crippen LogP contribution in [0.2, 0.25) is 0 Å². The first-order valence-electron chi connectivity index (χ1n) is 6.69. The molecule has 7 heteroatoms. The SMILES string of the molecule is CCCNc1ncnc2c1ncn2C1C=CC(CO)O1. The van der Waals surface area contributed by atoms with Gasteiger partial charge in [0, 0.05) is 6.54 Å². The third-order valence-corrected chi connectivity index (χ3v) is 3.16. The minimum Gasteiger partial charge on any atom is -0.393 e. The topological polar surface area (TPSA) is 85.1 Å². The average molecular weight is 275 g/mol. The molecule has 0 spiro atoms. The maximum absolute atomic E-state index is 9.10. The maximum Gasteiger partial charge on any atom is 0.167 e. The molecular weight excluding hydrogens is 258 g/mol. The molecule has 0 bridgehead atoms. The van der Waals surface area contributed by atoms with Gasteiger partial charge in [-0.05, 0) is 12.5 Å². The molecule has 0 aliphatic carbocycles. The lowest BCUT2D eigenvalue weighted by Crippen LogP contribution is -2.15. The summed E-state index contributed by atoms with van der Waals surface area (Å²) in [4.78, 5) is 12.9. The van der Waals surface area contributed by atoms with Crippen molar-refractivity contribution < 1.29 is 9.84 Å². The quantitative estimate of drug-likeness (QED) is 0.795. The second-order valence-corrected chi connectivity index (χ2v) is 4.61. The van der Waals surface area contributed by atoms with Crippen LogP contribution in [0.3, 0.4) is 0 Å². The number of aromatic nitrogens is 4. The number of hydrogen-bond donors (Lipinski definition) is 2. The van der Waals surface area contributed by atoms with Crippen molar-refractivity contribution in [1.29, 1.82) is 0 Å². The van der Waals surface area contributed by atoms with Gasteiger partial charge in [0.25, 0.3) is 0 Å². The summed E-state index contributed by atoms with van der Waals surface area (Å²) < 4.78 is 7.50. The number of fused-ring (bicyclic) bond motifs is 1.